The lowest BCUT2D eigenvalue weighted by Gasteiger charge is -2.46. The van der Waals surface area contributed by atoms with Crippen molar-refractivity contribution in [3.05, 3.63) is 65.5 Å². The minimum atomic E-state index is -4.34. The number of hydrogen-bond acceptors (Lipinski definition) is 2. The number of pyridine rings is 1. The van der Waals surface area contributed by atoms with Gasteiger partial charge < -0.3 is 5.11 Å². The first-order valence-corrected chi connectivity index (χ1v) is 7.20. The second-order valence-corrected chi connectivity index (χ2v) is 5.74. The lowest BCUT2D eigenvalue weighted by atomic mass is 9.60. The molecule has 3 rings (SSSR count). The van der Waals surface area contributed by atoms with Gasteiger partial charge in [0.15, 0.2) is 0 Å². The van der Waals surface area contributed by atoms with E-state index in [1.807, 2.05) is 0 Å². The fraction of sp³-hybridized carbons (Fsp3) is 0.353. The van der Waals surface area contributed by atoms with Crippen molar-refractivity contribution >= 4 is 0 Å². The minimum Gasteiger partial charge on any atom is -0.386 e. The quantitative estimate of drug-likeness (QED) is 0.919. The van der Waals surface area contributed by atoms with Crippen LogP contribution in [0.3, 0.4) is 0 Å². The van der Waals surface area contributed by atoms with Crippen LogP contribution in [0.1, 0.15) is 42.2 Å². The van der Waals surface area contributed by atoms with Gasteiger partial charge in [-0.05, 0) is 42.7 Å². The summed E-state index contributed by atoms with van der Waals surface area (Å²) in [6.07, 6.45) is -1.10. The summed E-state index contributed by atoms with van der Waals surface area (Å²) in [5.41, 5.74) is 0.100. The van der Waals surface area contributed by atoms with Crippen LogP contribution in [0.25, 0.3) is 0 Å². The second kappa shape index (κ2) is 5.39. The summed E-state index contributed by atoms with van der Waals surface area (Å²) >= 11 is 0. The molecule has 0 spiro atoms. The van der Waals surface area contributed by atoms with Gasteiger partial charge in [0.2, 0.25) is 0 Å². The van der Waals surface area contributed by atoms with Crippen molar-refractivity contribution in [2.24, 2.45) is 0 Å². The van der Waals surface area contributed by atoms with Crippen molar-refractivity contribution in [3.63, 3.8) is 0 Å². The van der Waals surface area contributed by atoms with E-state index >= 15 is 0 Å². The number of benzene rings is 1. The van der Waals surface area contributed by atoms with Gasteiger partial charge in [-0.1, -0.05) is 24.6 Å². The van der Waals surface area contributed by atoms with Crippen LogP contribution in [-0.2, 0) is 11.6 Å². The van der Waals surface area contributed by atoms with Gasteiger partial charge in [-0.15, -0.1) is 0 Å². The average Bonchev–Trinajstić information content (AvgIpc) is 2.46. The van der Waals surface area contributed by atoms with E-state index in [1.54, 1.807) is 24.4 Å². The molecule has 5 heteroatoms. The molecule has 1 atom stereocenters. The van der Waals surface area contributed by atoms with Crippen molar-refractivity contribution in [1.29, 1.82) is 0 Å². The fourth-order valence-corrected chi connectivity index (χ4v) is 3.09. The molecule has 1 aliphatic carbocycles. The van der Waals surface area contributed by atoms with Gasteiger partial charge in [0.25, 0.3) is 0 Å². The maximum absolute atomic E-state index is 12.7. The molecular formula is C17H16F3NO. The maximum Gasteiger partial charge on any atom is 0.416 e. The molecule has 1 N–H and O–H groups in total. The van der Waals surface area contributed by atoms with Crippen LogP contribution in [0.2, 0.25) is 0 Å². The number of halogens is 3. The van der Waals surface area contributed by atoms with E-state index in [9.17, 15) is 18.3 Å². The summed E-state index contributed by atoms with van der Waals surface area (Å²) in [4.78, 5) is 4.18. The lowest BCUT2D eigenvalue weighted by Crippen LogP contribution is -2.40. The van der Waals surface area contributed by atoms with Crippen LogP contribution in [-0.4, -0.2) is 10.1 Å². The molecule has 2 nitrogen and oxygen atoms in total. The Morgan fingerprint density at radius 2 is 1.73 bits per heavy atom. The molecule has 0 radical (unpaired) electrons. The second-order valence-electron chi connectivity index (χ2n) is 5.74. The highest BCUT2D eigenvalue weighted by atomic mass is 19.4. The Bertz CT molecular complexity index is 633. The molecular weight excluding hydrogens is 291 g/mol. The zero-order valence-corrected chi connectivity index (χ0v) is 11.8. The first-order valence-electron chi connectivity index (χ1n) is 7.20. The lowest BCUT2D eigenvalue weighted by molar-refractivity contribution is -0.137. The molecule has 2 aromatic rings. The maximum atomic E-state index is 12.7. The van der Waals surface area contributed by atoms with Crippen LogP contribution in [0.5, 0.6) is 0 Å². The Hall–Kier alpha value is -1.88. The summed E-state index contributed by atoms with van der Waals surface area (Å²) in [6, 6.07) is 10.4. The standard InChI is InChI=1S/C17H16F3NO/c18-17(19,20)13-7-5-12(6-8-13)16(9-3-10-16)15(22)14-4-1-2-11-21-14/h1-2,4-8,11,15,22H,3,9-10H2/t15-/m1/s1. The number of nitrogens with zero attached hydrogens (tertiary/aromatic N) is 1. The summed E-state index contributed by atoms with van der Waals surface area (Å²) < 4.78 is 38.0. The van der Waals surface area contributed by atoms with E-state index in [0.29, 0.717) is 5.69 Å². The number of rotatable bonds is 3. The first-order chi connectivity index (χ1) is 10.4. The third-order valence-electron chi connectivity index (χ3n) is 4.52. The zero-order valence-electron chi connectivity index (χ0n) is 11.8. The minimum absolute atomic E-state index is 0.529. The molecule has 0 unspecified atom stereocenters. The summed E-state index contributed by atoms with van der Waals surface area (Å²) in [7, 11) is 0. The zero-order chi connectivity index (χ0) is 15.8. The van der Waals surface area contributed by atoms with E-state index in [0.717, 1.165) is 37.0 Å². The summed E-state index contributed by atoms with van der Waals surface area (Å²) in [5, 5.41) is 10.7. The SMILES string of the molecule is O[C@H](c1ccccn1)C1(c2ccc(C(F)(F)F)cc2)CCC1. The third-order valence-corrected chi connectivity index (χ3v) is 4.52. The van der Waals surface area contributed by atoms with Gasteiger partial charge in [-0.2, -0.15) is 13.2 Å². The van der Waals surface area contributed by atoms with E-state index in [1.165, 1.54) is 12.1 Å². The number of hydrogen-bond donors (Lipinski definition) is 1. The molecule has 1 aromatic carbocycles. The molecule has 1 fully saturated rings. The molecule has 1 aliphatic rings. The molecule has 0 amide bonds. The van der Waals surface area contributed by atoms with Crippen LogP contribution in [0.4, 0.5) is 13.2 Å². The molecule has 0 bridgehead atoms. The van der Waals surface area contributed by atoms with Crippen LogP contribution < -0.4 is 0 Å². The highest BCUT2D eigenvalue weighted by molar-refractivity contribution is 5.35. The molecule has 0 saturated heterocycles. The molecule has 1 saturated carbocycles. The van der Waals surface area contributed by atoms with Gasteiger partial charge >= 0.3 is 6.18 Å². The Balaban J connectivity index is 1.93. The van der Waals surface area contributed by atoms with Gasteiger partial charge in [0.05, 0.1) is 11.3 Å². The summed E-state index contributed by atoms with van der Waals surface area (Å²) in [6.45, 7) is 0. The highest BCUT2D eigenvalue weighted by Crippen LogP contribution is 2.52. The largest absolute Gasteiger partial charge is 0.416 e. The van der Waals surface area contributed by atoms with Gasteiger partial charge in [0, 0.05) is 11.6 Å². The van der Waals surface area contributed by atoms with Crippen LogP contribution in [0.15, 0.2) is 48.7 Å². The smallest absolute Gasteiger partial charge is 0.386 e. The predicted molar refractivity (Wildman–Crippen MR) is 76.2 cm³/mol. The monoisotopic (exact) mass is 307 g/mol. The molecule has 22 heavy (non-hydrogen) atoms. The number of aromatic nitrogens is 1. The van der Waals surface area contributed by atoms with E-state index in [2.05, 4.69) is 4.98 Å². The Labute approximate surface area is 126 Å². The third kappa shape index (κ3) is 2.50. The number of aliphatic hydroxyl groups is 1. The normalized spacial score (nSPS) is 18.5. The van der Waals surface area contributed by atoms with E-state index in [-0.39, 0.29) is 0 Å². The van der Waals surface area contributed by atoms with E-state index < -0.39 is 23.3 Å². The fourth-order valence-electron chi connectivity index (χ4n) is 3.09. The molecule has 116 valence electrons. The van der Waals surface area contributed by atoms with Gasteiger partial charge in [0.1, 0.15) is 6.10 Å². The van der Waals surface area contributed by atoms with Gasteiger partial charge in [-0.25, -0.2) is 0 Å². The van der Waals surface area contributed by atoms with E-state index in [4.69, 9.17) is 0 Å². The van der Waals surface area contributed by atoms with Crippen molar-refractivity contribution < 1.29 is 18.3 Å². The summed E-state index contributed by atoms with van der Waals surface area (Å²) in [5.74, 6) is 0. The topological polar surface area (TPSA) is 33.1 Å². The van der Waals surface area contributed by atoms with Crippen molar-refractivity contribution in [3.8, 4) is 0 Å². The van der Waals surface area contributed by atoms with Crippen molar-refractivity contribution in [2.45, 2.75) is 37.0 Å². The Morgan fingerprint density at radius 1 is 1.05 bits per heavy atom. The molecule has 0 aliphatic heterocycles. The number of alkyl halides is 3. The van der Waals surface area contributed by atoms with Crippen LogP contribution in [0, 0.1) is 0 Å². The van der Waals surface area contributed by atoms with Crippen molar-refractivity contribution in [2.75, 3.05) is 0 Å². The average molecular weight is 307 g/mol. The van der Waals surface area contributed by atoms with Crippen LogP contribution >= 0.6 is 0 Å². The predicted octanol–water partition coefficient (Wildman–Crippen LogP) is 4.26. The van der Waals surface area contributed by atoms with Crippen molar-refractivity contribution in [1.82, 2.24) is 4.98 Å². The molecule has 1 heterocycles. The number of aliphatic hydroxyl groups excluding tert-OH is 1. The first kappa shape index (κ1) is 15.0. The molecule has 1 aromatic heterocycles. The highest BCUT2D eigenvalue weighted by Gasteiger charge is 2.46. The Morgan fingerprint density at radius 3 is 2.18 bits per heavy atom. The Kier molecular flexibility index (Phi) is 3.68. The van der Waals surface area contributed by atoms with Gasteiger partial charge in [-0.3, -0.25) is 4.98 Å².